The number of aromatic nitrogens is 4. The van der Waals surface area contributed by atoms with Crippen LogP contribution < -0.4 is 10.6 Å². The molecule has 0 saturated carbocycles. The van der Waals surface area contributed by atoms with Crippen LogP contribution in [-0.2, 0) is 11.8 Å². The molecule has 13 nitrogen and oxygen atoms in total. The van der Waals surface area contributed by atoms with Gasteiger partial charge in [0.05, 0.1) is 22.5 Å². The summed E-state index contributed by atoms with van der Waals surface area (Å²) in [4.78, 5) is 49.1. The Bertz CT molecular complexity index is 2050. The van der Waals surface area contributed by atoms with Crippen LogP contribution in [0, 0.1) is 22.5 Å². The fraction of sp³-hybridized carbons (Fsp3) is 0.368. The molecular formula is C38H45ClF2N10O3. The number of imidazole rings is 1. The van der Waals surface area contributed by atoms with Gasteiger partial charge in [0.2, 0.25) is 0 Å². The molecule has 4 N–H and O–H groups in total. The molecule has 1 aliphatic rings. The lowest BCUT2D eigenvalue weighted by Gasteiger charge is -2.39. The molecule has 2 aromatic heterocycles. The highest BCUT2D eigenvalue weighted by molar-refractivity contribution is 6.34. The fourth-order valence-corrected chi connectivity index (χ4v) is 6.81. The normalized spacial score (nSPS) is 14.9. The van der Waals surface area contributed by atoms with E-state index in [0.717, 1.165) is 31.9 Å². The van der Waals surface area contributed by atoms with Gasteiger partial charge in [-0.05, 0) is 57.7 Å². The van der Waals surface area contributed by atoms with Crippen LogP contribution in [0.1, 0.15) is 46.4 Å². The van der Waals surface area contributed by atoms with E-state index in [1.165, 1.54) is 48.4 Å². The van der Waals surface area contributed by atoms with Gasteiger partial charge in [-0.15, -0.1) is 0 Å². The summed E-state index contributed by atoms with van der Waals surface area (Å²) in [7, 11) is 7.14. The van der Waals surface area contributed by atoms with Crippen molar-refractivity contribution < 1.29 is 23.2 Å². The number of anilines is 1. The molecule has 1 aliphatic heterocycles. The molecule has 54 heavy (non-hydrogen) atoms. The molecule has 0 bridgehead atoms. The maximum Gasteiger partial charge on any atom is 0.291 e. The monoisotopic (exact) mass is 762 g/mol. The summed E-state index contributed by atoms with van der Waals surface area (Å²) >= 11 is 6.56. The highest BCUT2D eigenvalue weighted by atomic mass is 35.5. The number of carbonyl (C=O) groups excluding carboxylic acids is 3. The summed E-state index contributed by atoms with van der Waals surface area (Å²) in [6, 6.07) is 7.38. The van der Waals surface area contributed by atoms with Gasteiger partial charge in [0.1, 0.15) is 12.0 Å². The third-order valence-electron chi connectivity index (χ3n) is 9.88. The molecule has 4 aromatic rings. The number of nitrogens with one attached hydrogen (secondary N) is 4. The fourth-order valence-electron chi connectivity index (χ4n) is 6.55. The highest BCUT2D eigenvalue weighted by Gasteiger charge is 2.33. The maximum atomic E-state index is 15.6. The number of aldehydes is 1. The van der Waals surface area contributed by atoms with Gasteiger partial charge in [0.15, 0.2) is 17.5 Å². The molecule has 3 heterocycles. The van der Waals surface area contributed by atoms with Gasteiger partial charge in [-0.1, -0.05) is 24.6 Å². The Balaban J connectivity index is 1.25. The number of amides is 2. The minimum absolute atomic E-state index is 0.0613. The van der Waals surface area contributed by atoms with E-state index in [1.54, 1.807) is 24.1 Å². The van der Waals surface area contributed by atoms with Crippen molar-refractivity contribution in [2.75, 3.05) is 65.7 Å². The van der Waals surface area contributed by atoms with Gasteiger partial charge < -0.3 is 35.2 Å². The molecule has 0 radical (unpaired) electrons. The number of nitrogens with zero attached hydrogens (tertiary/aromatic N) is 6. The van der Waals surface area contributed by atoms with Crippen molar-refractivity contribution in [1.82, 2.24) is 39.8 Å². The van der Waals surface area contributed by atoms with E-state index in [4.69, 9.17) is 17.0 Å². The number of halogens is 3. The number of piperazine rings is 1. The first kappa shape index (κ1) is 39.9. The van der Waals surface area contributed by atoms with Gasteiger partial charge >= 0.3 is 0 Å². The lowest BCUT2D eigenvalue weighted by atomic mass is 9.82. The number of aromatic amines is 1. The lowest BCUT2D eigenvalue weighted by molar-refractivity contribution is -0.118. The predicted octanol–water partition coefficient (Wildman–Crippen LogP) is 5.18. The Labute approximate surface area is 317 Å². The molecule has 0 aliphatic carbocycles. The van der Waals surface area contributed by atoms with Crippen molar-refractivity contribution >= 4 is 47.2 Å². The van der Waals surface area contributed by atoms with Gasteiger partial charge in [0, 0.05) is 98.8 Å². The Kier molecular flexibility index (Phi) is 12.8. The lowest BCUT2D eigenvalue weighted by Crippen LogP contribution is -2.52. The Morgan fingerprint density at radius 1 is 1.09 bits per heavy atom. The molecule has 1 unspecified atom stereocenters. The highest BCUT2D eigenvalue weighted by Crippen LogP contribution is 2.34. The molecule has 1 fully saturated rings. The molecule has 5 rings (SSSR count). The van der Waals surface area contributed by atoms with Gasteiger partial charge in [-0.3, -0.25) is 19.6 Å². The third-order valence-corrected chi connectivity index (χ3v) is 10.2. The Morgan fingerprint density at radius 2 is 1.80 bits per heavy atom. The third kappa shape index (κ3) is 8.43. The van der Waals surface area contributed by atoms with E-state index in [2.05, 4.69) is 35.6 Å². The van der Waals surface area contributed by atoms with Gasteiger partial charge in [0.25, 0.3) is 11.8 Å². The molecule has 2 amide bonds. The van der Waals surface area contributed by atoms with Crippen molar-refractivity contribution in [2.24, 2.45) is 12.5 Å². The number of carbonyl (C=O) groups is 3. The van der Waals surface area contributed by atoms with E-state index in [0.29, 0.717) is 49.5 Å². The minimum Gasteiger partial charge on any atom is -0.393 e. The number of hydrogen-bond acceptors (Lipinski definition) is 9. The van der Waals surface area contributed by atoms with Crippen LogP contribution in [0.3, 0.4) is 0 Å². The SMILES string of the molecule is CCC(C=O)(CCN(C)C)CN1CCN(C(=O)c2ccc(NC(=O)c3ncc(-c4ccc(-c5c[nH]nc5/C(C=N)=C/NC)c(F)c4F)n3C)cc2Cl)CC1. The average Bonchev–Trinajstić information content (AvgIpc) is 3.80. The number of H-pyrrole nitrogens is 1. The number of hydrogen-bond donors (Lipinski definition) is 4. The van der Waals surface area contributed by atoms with Crippen LogP contribution >= 0.6 is 11.6 Å². The first-order valence-corrected chi connectivity index (χ1v) is 17.9. The summed E-state index contributed by atoms with van der Waals surface area (Å²) in [6.45, 7) is 5.73. The standard InChI is InChI=1S/C38H45ClF2N10O3/c1-6-38(23-52,11-12-48(3)4)22-50-13-15-51(16-14-50)37(54)27-8-7-25(17-30(27)39)46-36(53)35-44-21-31(49(35)5)28-10-9-26(32(40)33(28)41)29-20-45-47-34(29)24(18-42)19-43-2/h7-10,17-21,23,42-43H,6,11-16,22H2,1-5H3,(H,45,47)(H,46,53)/b24-19+,42-18?. The summed E-state index contributed by atoms with van der Waals surface area (Å²) in [6.07, 6.45) is 7.86. The first-order chi connectivity index (χ1) is 25.9. The maximum absolute atomic E-state index is 15.6. The van der Waals surface area contributed by atoms with Crippen molar-refractivity contribution in [3.05, 3.63) is 82.7 Å². The summed E-state index contributed by atoms with van der Waals surface area (Å²) in [5.41, 5.74) is 1.05. The Morgan fingerprint density at radius 3 is 2.43 bits per heavy atom. The zero-order valence-electron chi connectivity index (χ0n) is 31.0. The number of rotatable bonds is 15. The summed E-state index contributed by atoms with van der Waals surface area (Å²) in [5, 5.41) is 20.1. The minimum atomic E-state index is -1.15. The van der Waals surface area contributed by atoms with Crippen LogP contribution in [-0.4, -0.2) is 119 Å². The van der Waals surface area contributed by atoms with Crippen molar-refractivity contribution in [1.29, 1.82) is 5.41 Å². The zero-order valence-corrected chi connectivity index (χ0v) is 31.7. The van der Waals surface area contributed by atoms with Crippen molar-refractivity contribution in [3.8, 4) is 22.4 Å². The Hall–Kier alpha value is -5.25. The molecule has 1 atom stereocenters. The molecule has 0 spiro atoms. The van der Waals surface area contributed by atoms with Crippen LogP contribution in [0.25, 0.3) is 28.0 Å². The first-order valence-electron chi connectivity index (χ1n) is 17.5. The zero-order chi connectivity index (χ0) is 39.2. The second-order valence-electron chi connectivity index (χ2n) is 13.6. The molecule has 286 valence electrons. The van der Waals surface area contributed by atoms with E-state index in [1.807, 2.05) is 21.0 Å². The van der Waals surface area contributed by atoms with E-state index >= 15 is 8.78 Å². The van der Waals surface area contributed by atoms with Gasteiger partial charge in [-0.25, -0.2) is 13.8 Å². The van der Waals surface area contributed by atoms with E-state index in [9.17, 15) is 14.4 Å². The largest absolute Gasteiger partial charge is 0.393 e. The van der Waals surface area contributed by atoms with Crippen LogP contribution in [0.5, 0.6) is 0 Å². The molecular weight excluding hydrogens is 718 g/mol. The predicted molar refractivity (Wildman–Crippen MR) is 206 cm³/mol. The molecule has 16 heteroatoms. The number of allylic oxidation sites excluding steroid dienone is 1. The topological polar surface area (TPSA) is 155 Å². The molecule has 2 aromatic carbocycles. The van der Waals surface area contributed by atoms with E-state index < -0.39 is 23.0 Å². The second kappa shape index (κ2) is 17.3. The van der Waals surface area contributed by atoms with Crippen LogP contribution in [0.4, 0.5) is 14.5 Å². The van der Waals surface area contributed by atoms with Gasteiger partial charge in [-0.2, -0.15) is 5.10 Å². The summed E-state index contributed by atoms with van der Waals surface area (Å²) in [5.74, 6) is -3.21. The average molecular weight is 763 g/mol. The van der Waals surface area contributed by atoms with Crippen molar-refractivity contribution in [2.45, 2.75) is 19.8 Å². The summed E-state index contributed by atoms with van der Waals surface area (Å²) < 4.78 is 32.5. The van der Waals surface area contributed by atoms with Crippen LogP contribution in [0.15, 0.2) is 48.9 Å². The second-order valence-corrected chi connectivity index (χ2v) is 14.0. The van der Waals surface area contributed by atoms with E-state index in [-0.39, 0.29) is 44.8 Å². The van der Waals surface area contributed by atoms with Crippen molar-refractivity contribution in [3.63, 3.8) is 0 Å². The number of benzene rings is 2. The quantitative estimate of drug-likeness (QED) is 0.0955. The molecule has 1 saturated heterocycles. The smallest absolute Gasteiger partial charge is 0.291 e. The van der Waals surface area contributed by atoms with Crippen LogP contribution in [0.2, 0.25) is 5.02 Å².